The molecule has 0 N–H and O–H groups in total. The van der Waals surface area contributed by atoms with Gasteiger partial charge < -0.3 is 4.90 Å². The van der Waals surface area contributed by atoms with E-state index in [1.807, 2.05) is 17.0 Å². The van der Waals surface area contributed by atoms with Gasteiger partial charge in [0.15, 0.2) is 0 Å². The maximum atomic E-state index is 12.8. The Balaban J connectivity index is 2.05. The molecule has 2 aromatic rings. The Morgan fingerprint density at radius 3 is 2.95 bits per heavy atom. The third-order valence-electron chi connectivity index (χ3n) is 3.63. The largest absolute Gasteiger partial charge is 0.306 e. The molecule has 1 aromatic heterocycles. The maximum Gasteiger partial charge on any atom is 0.278 e. The first-order chi connectivity index (χ1) is 9.68. The predicted octanol–water partition coefficient (Wildman–Crippen LogP) is 3.75. The van der Waals surface area contributed by atoms with E-state index in [1.54, 1.807) is 6.20 Å². The van der Waals surface area contributed by atoms with Crippen molar-refractivity contribution in [3.63, 3.8) is 0 Å². The highest BCUT2D eigenvalue weighted by molar-refractivity contribution is 9.10. The summed E-state index contributed by atoms with van der Waals surface area (Å²) in [6.45, 7) is 2.80. The molecule has 0 unspecified atom stereocenters. The Morgan fingerprint density at radius 2 is 2.15 bits per heavy atom. The molecule has 1 amide bonds. The summed E-state index contributed by atoms with van der Waals surface area (Å²) in [6.07, 6.45) is 3.68. The van der Waals surface area contributed by atoms with E-state index in [1.165, 1.54) is 5.56 Å². The number of carbonyl (C=O) groups is 1. The molecule has 1 aliphatic rings. The van der Waals surface area contributed by atoms with Gasteiger partial charge in [-0.1, -0.05) is 18.2 Å². The Morgan fingerprint density at radius 1 is 1.30 bits per heavy atom. The second-order valence-corrected chi connectivity index (χ2v) is 5.83. The van der Waals surface area contributed by atoms with Gasteiger partial charge in [-0.15, -0.1) is 0 Å². The molecule has 1 aliphatic heterocycles. The molecule has 0 saturated carbocycles. The molecule has 102 valence electrons. The zero-order chi connectivity index (χ0) is 14.1. The second-order valence-electron chi connectivity index (χ2n) is 4.98. The third kappa shape index (κ3) is 2.24. The van der Waals surface area contributed by atoms with Crippen LogP contribution in [0.4, 0.5) is 5.69 Å². The van der Waals surface area contributed by atoms with Gasteiger partial charge in [0.1, 0.15) is 5.69 Å². The number of carbonyl (C=O) groups excluding carboxylic acids is 1. The SMILES string of the molecule is Cc1cccc2c1N(C(=O)c1ncccc1Br)CCC2. The van der Waals surface area contributed by atoms with Crippen molar-refractivity contribution in [1.82, 2.24) is 4.98 Å². The minimum Gasteiger partial charge on any atom is -0.306 e. The summed E-state index contributed by atoms with van der Waals surface area (Å²) < 4.78 is 0.741. The first kappa shape index (κ1) is 13.3. The molecule has 1 aromatic carbocycles. The average Bonchev–Trinajstić information content (AvgIpc) is 2.47. The number of benzene rings is 1. The summed E-state index contributed by atoms with van der Waals surface area (Å²) in [7, 11) is 0. The van der Waals surface area contributed by atoms with Crippen molar-refractivity contribution < 1.29 is 4.79 Å². The molecule has 2 heterocycles. The Kier molecular flexibility index (Phi) is 3.57. The fraction of sp³-hybridized carbons (Fsp3) is 0.250. The van der Waals surface area contributed by atoms with Gasteiger partial charge in [-0.05, 0) is 59.0 Å². The highest BCUT2D eigenvalue weighted by Crippen LogP contribution is 2.32. The monoisotopic (exact) mass is 330 g/mol. The lowest BCUT2D eigenvalue weighted by atomic mass is 9.98. The van der Waals surface area contributed by atoms with Crippen LogP contribution >= 0.6 is 15.9 Å². The summed E-state index contributed by atoms with van der Waals surface area (Å²) in [5.74, 6) is -0.0345. The van der Waals surface area contributed by atoms with Gasteiger partial charge in [0.05, 0.1) is 5.69 Å². The second kappa shape index (κ2) is 5.37. The lowest BCUT2D eigenvalue weighted by molar-refractivity contribution is 0.0979. The molecule has 20 heavy (non-hydrogen) atoms. The van der Waals surface area contributed by atoms with E-state index < -0.39 is 0 Å². The van der Waals surface area contributed by atoms with Crippen LogP contribution in [0.3, 0.4) is 0 Å². The van der Waals surface area contributed by atoms with Crippen molar-refractivity contribution in [2.45, 2.75) is 19.8 Å². The summed E-state index contributed by atoms with van der Waals surface area (Å²) in [6, 6.07) is 9.88. The topological polar surface area (TPSA) is 33.2 Å². The molecule has 3 rings (SSSR count). The van der Waals surface area contributed by atoms with E-state index in [4.69, 9.17) is 0 Å². The molecule has 0 aliphatic carbocycles. The molecular weight excluding hydrogens is 316 g/mol. The van der Waals surface area contributed by atoms with Gasteiger partial charge >= 0.3 is 0 Å². The van der Waals surface area contributed by atoms with Crippen molar-refractivity contribution >= 4 is 27.5 Å². The summed E-state index contributed by atoms with van der Waals surface area (Å²) in [5.41, 5.74) is 3.92. The Hall–Kier alpha value is -1.68. The lowest BCUT2D eigenvalue weighted by Crippen LogP contribution is -2.36. The lowest BCUT2D eigenvalue weighted by Gasteiger charge is -2.31. The zero-order valence-electron chi connectivity index (χ0n) is 11.3. The van der Waals surface area contributed by atoms with Gasteiger partial charge in [0, 0.05) is 17.2 Å². The molecule has 0 atom stereocenters. The fourth-order valence-electron chi connectivity index (χ4n) is 2.72. The fourth-order valence-corrected chi connectivity index (χ4v) is 3.15. The molecule has 3 nitrogen and oxygen atoms in total. The van der Waals surface area contributed by atoms with Crippen molar-refractivity contribution in [2.24, 2.45) is 0 Å². The molecular formula is C16H15BrN2O. The number of halogens is 1. The van der Waals surface area contributed by atoms with Gasteiger partial charge in [0.2, 0.25) is 0 Å². The van der Waals surface area contributed by atoms with Crippen LogP contribution in [0.25, 0.3) is 0 Å². The van der Waals surface area contributed by atoms with Crippen LogP contribution in [0.1, 0.15) is 28.0 Å². The number of fused-ring (bicyclic) bond motifs is 1. The predicted molar refractivity (Wildman–Crippen MR) is 83.1 cm³/mol. The van der Waals surface area contributed by atoms with Crippen LogP contribution in [0.2, 0.25) is 0 Å². The van der Waals surface area contributed by atoms with Crippen molar-refractivity contribution in [2.75, 3.05) is 11.4 Å². The van der Waals surface area contributed by atoms with Gasteiger partial charge in [-0.2, -0.15) is 0 Å². The number of amides is 1. The van der Waals surface area contributed by atoms with E-state index >= 15 is 0 Å². The summed E-state index contributed by atoms with van der Waals surface area (Å²) >= 11 is 3.41. The van der Waals surface area contributed by atoms with E-state index in [-0.39, 0.29) is 5.91 Å². The summed E-state index contributed by atoms with van der Waals surface area (Å²) in [4.78, 5) is 18.8. The number of hydrogen-bond acceptors (Lipinski definition) is 2. The zero-order valence-corrected chi connectivity index (χ0v) is 12.9. The number of pyridine rings is 1. The molecule has 4 heteroatoms. The normalized spacial score (nSPS) is 14.0. The number of rotatable bonds is 1. The van der Waals surface area contributed by atoms with Gasteiger partial charge in [-0.25, -0.2) is 4.98 Å². The van der Waals surface area contributed by atoms with Crippen LogP contribution in [0.15, 0.2) is 41.0 Å². The van der Waals surface area contributed by atoms with Gasteiger partial charge in [0.25, 0.3) is 5.91 Å². The van der Waals surface area contributed by atoms with E-state index in [2.05, 4.69) is 46.0 Å². The van der Waals surface area contributed by atoms with Crippen LogP contribution in [-0.4, -0.2) is 17.4 Å². The van der Waals surface area contributed by atoms with E-state index in [0.29, 0.717) is 5.69 Å². The molecule has 0 bridgehead atoms. The Labute approximate surface area is 126 Å². The van der Waals surface area contributed by atoms with Gasteiger partial charge in [-0.3, -0.25) is 4.79 Å². The van der Waals surface area contributed by atoms with Crippen LogP contribution in [0, 0.1) is 6.92 Å². The highest BCUT2D eigenvalue weighted by Gasteiger charge is 2.26. The first-order valence-corrected chi connectivity index (χ1v) is 7.48. The van der Waals surface area contributed by atoms with Crippen LogP contribution < -0.4 is 4.90 Å². The molecule has 0 radical (unpaired) electrons. The highest BCUT2D eigenvalue weighted by atomic mass is 79.9. The third-order valence-corrected chi connectivity index (χ3v) is 4.27. The standard InChI is InChI=1S/C16H15BrN2O/c1-11-5-2-6-12-7-4-10-19(15(11)12)16(20)14-13(17)8-3-9-18-14/h2-3,5-6,8-9H,4,7,10H2,1H3. The number of para-hydroxylation sites is 1. The number of hydrogen-bond donors (Lipinski definition) is 0. The quantitative estimate of drug-likeness (QED) is 0.797. The molecule has 0 fully saturated rings. The number of aryl methyl sites for hydroxylation is 2. The van der Waals surface area contributed by atoms with E-state index in [9.17, 15) is 4.79 Å². The maximum absolute atomic E-state index is 12.8. The minimum absolute atomic E-state index is 0.0345. The average molecular weight is 331 g/mol. The number of nitrogens with zero attached hydrogens (tertiary/aromatic N) is 2. The molecule has 0 spiro atoms. The van der Waals surface area contributed by atoms with Crippen LogP contribution in [0.5, 0.6) is 0 Å². The van der Waals surface area contributed by atoms with E-state index in [0.717, 1.165) is 35.1 Å². The van der Waals surface area contributed by atoms with Crippen molar-refractivity contribution in [3.05, 3.63) is 57.8 Å². The number of aromatic nitrogens is 1. The Bertz CT molecular complexity index is 669. The summed E-state index contributed by atoms with van der Waals surface area (Å²) in [5, 5.41) is 0. The first-order valence-electron chi connectivity index (χ1n) is 6.69. The van der Waals surface area contributed by atoms with Crippen LogP contribution in [-0.2, 0) is 6.42 Å². The number of anilines is 1. The smallest absolute Gasteiger partial charge is 0.278 e. The molecule has 0 saturated heterocycles. The van der Waals surface area contributed by atoms with Crippen molar-refractivity contribution in [3.8, 4) is 0 Å². The van der Waals surface area contributed by atoms with Crippen molar-refractivity contribution in [1.29, 1.82) is 0 Å². The minimum atomic E-state index is -0.0345.